The zero-order valence-corrected chi connectivity index (χ0v) is 35.8. The molecule has 2 aliphatic rings. The van der Waals surface area contributed by atoms with Crippen molar-refractivity contribution in [1.82, 2.24) is 19.6 Å². The Kier molecular flexibility index (Phi) is 16.4. The number of aromatic nitrogens is 4. The van der Waals surface area contributed by atoms with E-state index in [1.807, 2.05) is 76.4 Å². The Morgan fingerprint density at radius 3 is 1.65 bits per heavy atom. The van der Waals surface area contributed by atoms with E-state index in [0.29, 0.717) is 21.7 Å². The van der Waals surface area contributed by atoms with Gasteiger partial charge in [-0.25, -0.2) is 18.4 Å². The lowest BCUT2D eigenvalue weighted by Gasteiger charge is -2.19. The molecule has 4 heterocycles. The summed E-state index contributed by atoms with van der Waals surface area (Å²) in [6, 6.07) is 24.7. The molecular formula is C40H43B2Cl4N5O8S. The number of rotatable bonds is 6. The number of benzene rings is 4. The molecule has 0 amide bonds. The Morgan fingerprint density at radius 2 is 1.22 bits per heavy atom. The Labute approximate surface area is 371 Å². The minimum atomic E-state index is -1.67. The van der Waals surface area contributed by atoms with Crippen LogP contribution in [0.2, 0.25) is 10.0 Å². The summed E-state index contributed by atoms with van der Waals surface area (Å²) in [6.45, 7) is 7.68. The average molecular weight is 918 g/mol. The van der Waals surface area contributed by atoms with E-state index >= 15 is 0 Å². The highest BCUT2D eigenvalue weighted by Crippen LogP contribution is 2.31. The summed E-state index contributed by atoms with van der Waals surface area (Å²) in [5.41, 5.74) is 11.6. The molecule has 60 heavy (non-hydrogen) atoms. The van der Waals surface area contributed by atoms with Gasteiger partial charge in [0.15, 0.2) is 5.78 Å². The number of carbonyl (C=O) groups excluding carboxylic acids is 1. The van der Waals surface area contributed by atoms with E-state index in [4.69, 9.17) is 47.6 Å². The SMILES string of the molecule is C.CC1(C)OB(O)c2cc(CC(=O)c3ccc(-n4cccn4)cc3Cl)ccc21.CC1(C)OB(O)c2cc(N)ccc21.O=C(O)c1ccc(-n2cccn2)cc1Cl.O=S(Cl)Cl.[2HH]. The molecule has 13 nitrogen and oxygen atoms in total. The Bertz CT molecular complexity index is 2480. The molecule has 8 rings (SSSR count). The van der Waals surface area contributed by atoms with Gasteiger partial charge in [-0.2, -0.15) is 10.2 Å². The fraction of sp³-hybridized carbons (Fsp3) is 0.200. The van der Waals surface area contributed by atoms with Crippen LogP contribution in [-0.4, -0.2) is 64.9 Å². The molecule has 316 valence electrons. The number of nitrogens with two attached hydrogens (primary N) is 1. The number of nitrogens with zero attached hydrogens (tertiary/aromatic N) is 4. The molecule has 2 aliphatic heterocycles. The number of hydrogen-bond acceptors (Lipinski definition) is 10. The maximum Gasteiger partial charge on any atom is 0.492 e. The zero-order valence-electron chi connectivity index (χ0n) is 31.9. The summed E-state index contributed by atoms with van der Waals surface area (Å²) in [5.74, 6) is -1.12. The van der Waals surface area contributed by atoms with Crippen LogP contribution < -0.4 is 16.7 Å². The molecule has 0 atom stereocenters. The summed E-state index contributed by atoms with van der Waals surface area (Å²) >= 11 is 12.2. The number of carboxylic acids is 1. The third-order valence-corrected chi connectivity index (χ3v) is 9.80. The zero-order chi connectivity index (χ0) is 43.2. The second-order valence-electron chi connectivity index (χ2n) is 14.0. The van der Waals surface area contributed by atoms with Crippen molar-refractivity contribution >= 4 is 96.4 Å². The molecule has 0 saturated heterocycles. The van der Waals surface area contributed by atoms with Crippen LogP contribution in [0.1, 0.15) is 74.0 Å². The monoisotopic (exact) mass is 916 g/mol. The van der Waals surface area contributed by atoms with E-state index in [1.54, 1.807) is 64.4 Å². The smallest absolute Gasteiger partial charge is 0.478 e. The third-order valence-electron chi connectivity index (χ3n) is 9.17. The van der Waals surface area contributed by atoms with Crippen LogP contribution in [0.5, 0.6) is 0 Å². The summed E-state index contributed by atoms with van der Waals surface area (Å²) in [7, 11) is 5.55. The maximum atomic E-state index is 12.7. The van der Waals surface area contributed by atoms with Crippen LogP contribution >= 0.6 is 44.6 Å². The van der Waals surface area contributed by atoms with Gasteiger partial charge in [0, 0.05) is 65.3 Å². The molecule has 0 aliphatic carbocycles. The minimum absolute atomic E-state index is 0. The molecule has 6 aromatic rings. The third kappa shape index (κ3) is 11.9. The molecule has 4 aromatic carbocycles. The van der Waals surface area contributed by atoms with Gasteiger partial charge in [-0.1, -0.05) is 54.9 Å². The molecule has 0 bridgehead atoms. The predicted molar refractivity (Wildman–Crippen MR) is 242 cm³/mol. The Hall–Kier alpha value is -4.48. The molecule has 20 heteroatoms. The van der Waals surface area contributed by atoms with Crippen LogP contribution in [0, 0.1) is 0 Å². The van der Waals surface area contributed by atoms with Crippen LogP contribution in [-0.2, 0) is 36.2 Å². The molecule has 2 aromatic heterocycles. The number of fused-ring (bicyclic) bond motifs is 2. The molecule has 0 saturated carbocycles. The molecule has 0 spiro atoms. The fourth-order valence-electron chi connectivity index (χ4n) is 6.44. The van der Waals surface area contributed by atoms with Crippen molar-refractivity contribution in [1.29, 1.82) is 0 Å². The number of carboxylic acid groups (broad SMARTS) is 1. The number of carbonyl (C=O) groups is 2. The summed E-state index contributed by atoms with van der Waals surface area (Å²) in [5, 5.41) is 37.2. The number of halogens is 4. The largest absolute Gasteiger partial charge is 0.492 e. The highest BCUT2D eigenvalue weighted by Gasteiger charge is 2.41. The van der Waals surface area contributed by atoms with Crippen LogP contribution in [0.3, 0.4) is 0 Å². The van der Waals surface area contributed by atoms with E-state index in [2.05, 4.69) is 31.6 Å². The summed E-state index contributed by atoms with van der Waals surface area (Å²) in [4.78, 5) is 23.5. The standard InChI is InChI=1S/C20H18BClN2O3.C10H7ClN2O2.C9H12BNO2.CH4.Cl2OS.H2/c1-20(2)16-7-4-13(10-17(16)21(26)27-20)11-19(25)15-6-5-14(12-18(15)22)24-9-3-8-23-24;11-9-6-7(13-5-1-4-12-13)2-3-8(9)10(14)15;1-9(2)7-4-3-6(11)5-8(7)10(12)13-9;;1-4(2)3;/h3-10,12,26H,11H2,1-2H3;1-6H,(H,14,15);3-5,12H,11H2,1-2H3;1H4;;1H/i;;;;;1+1. The topological polar surface area (TPSA) is 192 Å². The van der Waals surface area contributed by atoms with Crippen LogP contribution in [0.4, 0.5) is 5.69 Å². The van der Waals surface area contributed by atoms with Gasteiger partial charge in [-0.15, -0.1) is 0 Å². The van der Waals surface area contributed by atoms with Crippen molar-refractivity contribution in [2.75, 3.05) is 5.73 Å². The van der Waals surface area contributed by atoms with Gasteiger partial charge in [0.05, 0.1) is 38.2 Å². The lowest BCUT2D eigenvalue weighted by Crippen LogP contribution is -2.29. The van der Waals surface area contributed by atoms with Crippen molar-refractivity contribution in [2.45, 2.75) is 52.7 Å². The predicted octanol–water partition coefficient (Wildman–Crippen LogP) is 7.27. The average Bonchev–Trinajstić information content (AvgIpc) is 3.96. The number of hydrogen-bond donors (Lipinski definition) is 4. The highest BCUT2D eigenvalue weighted by atomic mass is 36.0. The first kappa shape index (κ1) is 48.2. The van der Waals surface area contributed by atoms with E-state index in [0.717, 1.165) is 33.5 Å². The van der Waals surface area contributed by atoms with Crippen molar-refractivity contribution in [3.63, 3.8) is 0 Å². The Balaban J connectivity index is 0.000000248. The second-order valence-corrected chi connectivity index (χ2v) is 17.4. The number of aromatic carboxylic acids is 1. The van der Waals surface area contributed by atoms with Crippen LogP contribution in [0.25, 0.3) is 11.4 Å². The normalized spacial score (nSPS) is 14.0. The molecule has 0 unspecified atom stereocenters. The van der Waals surface area contributed by atoms with Gasteiger partial charge in [0.1, 0.15) is 0 Å². The second kappa shape index (κ2) is 20.4. The number of nitrogen functional groups attached to an aromatic ring is 1. The van der Waals surface area contributed by atoms with Crippen LogP contribution in [0.15, 0.2) is 110 Å². The van der Waals surface area contributed by atoms with Gasteiger partial charge in [0.25, 0.3) is 0 Å². The number of anilines is 1. The summed E-state index contributed by atoms with van der Waals surface area (Å²) < 4.78 is 23.3. The highest BCUT2D eigenvalue weighted by molar-refractivity contribution is 8.26. The van der Waals surface area contributed by atoms with Crippen molar-refractivity contribution in [2.24, 2.45) is 0 Å². The van der Waals surface area contributed by atoms with E-state index < -0.39 is 40.6 Å². The first-order valence-electron chi connectivity index (χ1n) is 17.6. The van der Waals surface area contributed by atoms with E-state index in [9.17, 15) is 19.6 Å². The van der Waals surface area contributed by atoms with Gasteiger partial charge in [0.2, 0.25) is 9.23 Å². The summed E-state index contributed by atoms with van der Waals surface area (Å²) in [6.07, 6.45) is 7.08. The minimum Gasteiger partial charge on any atom is -0.478 e. The first-order valence-corrected chi connectivity index (χ1v) is 21.2. The van der Waals surface area contributed by atoms with Gasteiger partial charge in [-0.05, 0) is 116 Å². The van der Waals surface area contributed by atoms with Gasteiger partial charge in [-0.3, -0.25) is 4.79 Å². The molecular weight excluding hydrogens is 874 g/mol. The fourth-order valence-corrected chi connectivity index (χ4v) is 6.97. The molecule has 0 radical (unpaired) electrons. The maximum absolute atomic E-state index is 12.7. The van der Waals surface area contributed by atoms with Gasteiger partial charge < -0.3 is 30.2 Å². The first-order chi connectivity index (χ1) is 27.8. The van der Waals surface area contributed by atoms with Gasteiger partial charge >= 0.3 is 20.2 Å². The Morgan fingerprint density at radius 1 is 0.767 bits per heavy atom. The quantitative estimate of drug-likeness (QED) is 0.0569. The number of Topliss-reactive ketones (excluding diaryl/α,β-unsaturated/α-hetero) is 1. The van der Waals surface area contributed by atoms with E-state index in [-0.39, 0.29) is 31.6 Å². The van der Waals surface area contributed by atoms with E-state index in [1.165, 1.54) is 6.07 Å². The lowest BCUT2D eigenvalue weighted by atomic mass is 9.77. The van der Waals surface area contributed by atoms with Crippen molar-refractivity contribution in [3.05, 3.63) is 148 Å². The number of ketones is 1. The molecule has 0 fully saturated rings. The van der Waals surface area contributed by atoms with Crippen molar-refractivity contribution in [3.8, 4) is 11.4 Å². The lowest BCUT2D eigenvalue weighted by molar-refractivity contribution is 0.0696. The molecule has 5 N–H and O–H groups in total. The van der Waals surface area contributed by atoms with Crippen molar-refractivity contribution < 1.29 is 39.7 Å².